The highest BCUT2D eigenvalue weighted by molar-refractivity contribution is 8.06. The summed E-state index contributed by atoms with van der Waals surface area (Å²) in [6.07, 6.45) is 1.63. The molecule has 1 aromatic heterocycles. The lowest BCUT2D eigenvalue weighted by Crippen LogP contribution is -2.29. The molecule has 2 heterocycles. The minimum Gasteiger partial charge on any atom is -0.309 e. The minimum atomic E-state index is 0.761. The smallest absolute Gasteiger partial charge is 0.140 e. The Morgan fingerprint density at radius 3 is 3.25 bits per heavy atom. The lowest BCUT2D eigenvalue weighted by Gasteiger charge is -2.21. The fourth-order valence-corrected chi connectivity index (χ4v) is 4.33. The molecule has 1 aromatic rings. The number of aryl methyl sites for hydroxylation is 1. The number of nitrogens with one attached hydrogen (secondary N) is 1. The maximum Gasteiger partial charge on any atom is 0.140 e. The Hall–Kier alpha value is -0.200. The average Bonchev–Trinajstić information content (AvgIpc) is 2.78. The summed E-state index contributed by atoms with van der Waals surface area (Å²) < 4.78 is 1.94. The van der Waals surface area contributed by atoms with Crippen molar-refractivity contribution in [2.75, 3.05) is 23.8 Å². The van der Waals surface area contributed by atoms with E-state index in [2.05, 4.69) is 45.8 Å². The zero-order valence-electron chi connectivity index (χ0n) is 9.56. The first-order valence-electron chi connectivity index (χ1n) is 5.67. The molecule has 0 bridgehead atoms. The van der Waals surface area contributed by atoms with Crippen LogP contribution in [-0.2, 0) is 13.1 Å². The Bertz CT molecular complexity index is 310. The molecule has 0 radical (unpaired) electrons. The molecule has 2 rings (SSSR count). The number of rotatable bonds is 5. The Kier molecular flexibility index (Phi) is 4.99. The molecule has 1 atom stereocenters. The fourth-order valence-electron chi connectivity index (χ4n) is 1.69. The molecule has 0 spiro atoms. The number of aromatic nitrogens is 3. The number of hydrogen-bond donors (Lipinski definition) is 1. The average molecular weight is 258 g/mol. The molecule has 1 unspecified atom stereocenters. The maximum atomic E-state index is 4.25. The molecule has 1 N–H and O–H groups in total. The van der Waals surface area contributed by atoms with Crippen molar-refractivity contribution in [3.05, 3.63) is 12.2 Å². The highest BCUT2D eigenvalue weighted by Gasteiger charge is 2.13. The highest BCUT2D eigenvalue weighted by atomic mass is 32.2. The van der Waals surface area contributed by atoms with Gasteiger partial charge in [-0.15, -0.1) is 0 Å². The number of nitrogens with zero attached hydrogens (tertiary/aromatic N) is 3. The summed E-state index contributed by atoms with van der Waals surface area (Å²) in [7, 11) is 0. The van der Waals surface area contributed by atoms with Crippen molar-refractivity contribution >= 4 is 23.5 Å². The van der Waals surface area contributed by atoms with Crippen molar-refractivity contribution in [2.45, 2.75) is 25.3 Å². The predicted octanol–water partition coefficient (Wildman–Crippen LogP) is 1.24. The first-order valence-corrected chi connectivity index (χ1v) is 7.87. The van der Waals surface area contributed by atoms with Crippen LogP contribution in [0.25, 0.3) is 0 Å². The molecule has 0 aromatic carbocycles. The second-order valence-electron chi connectivity index (χ2n) is 3.69. The largest absolute Gasteiger partial charge is 0.309 e. The second kappa shape index (κ2) is 6.51. The second-order valence-corrected chi connectivity index (χ2v) is 6.25. The molecule has 90 valence electrons. The van der Waals surface area contributed by atoms with Gasteiger partial charge in [-0.2, -0.15) is 28.6 Å². The van der Waals surface area contributed by atoms with Gasteiger partial charge in [0, 0.05) is 35.6 Å². The molecule has 1 aliphatic rings. The third-order valence-electron chi connectivity index (χ3n) is 2.54. The summed E-state index contributed by atoms with van der Waals surface area (Å²) in [4.78, 5) is 4.25. The van der Waals surface area contributed by atoms with Gasteiger partial charge in [-0.05, 0) is 6.92 Å². The minimum absolute atomic E-state index is 0.761. The third kappa shape index (κ3) is 3.40. The summed E-state index contributed by atoms with van der Waals surface area (Å²) in [5, 5.41) is 8.39. The van der Waals surface area contributed by atoms with Crippen LogP contribution in [0.4, 0.5) is 0 Å². The monoisotopic (exact) mass is 258 g/mol. The lowest BCUT2D eigenvalue weighted by molar-refractivity contribution is 0.573. The number of thioether (sulfide) groups is 2. The van der Waals surface area contributed by atoms with Crippen LogP contribution in [0.15, 0.2) is 6.33 Å². The van der Waals surface area contributed by atoms with Crippen LogP contribution < -0.4 is 5.32 Å². The fraction of sp³-hybridized carbons (Fsp3) is 0.800. The summed E-state index contributed by atoms with van der Waals surface area (Å²) in [5.74, 6) is 4.92. The van der Waals surface area contributed by atoms with Crippen molar-refractivity contribution in [1.29, 1.82) is 0 Å². The van der Waals surface area contributed by atoms with E-state index in [0.29, 0.717) is 0 Å². The molecule has 16 heavy (non-hydrogen) atoms. The first kappa shape index (κ1) is 12.3. The Labute approximate surface area is 105 Å². The molecule has 4 nitrogen and oxygen atoms in total. The molecule has 1 fully saturated rings. The van der Waals surface area contributed by atoms with Crippen LogP contribution in [0, 0.1) is 0 Å². The molecular weight excluding hydrogens is 240 g/mol. The van der Waals surface area contributed by atoms with Crippen molar-refractivity contribution < 1.29 is 0 Å². The van der Waals surface area contributed by atoms with E-state index in [4.69, 9.17) is 0 Å². The number of hydrogen-bond acceptors (Lipinski definition) is 5. The van der Waals surface area contributed by atoms with E-state index in [-0.39, 0.29) is 0 Å². The summed E-state index contributed by atoms with van der Waals surface area (Å²) in [6, 6.07) is 0. The Balaban J connectivity index is 1.71. The first-order chi connectivity index (χ1) is 7.90. The van der Waals surface area contributed by atoms with Gasteiger partial charge < -0.3 is 5.32 Å². The molecule has 6 heteroatoms. The van der Waals surface area contributed by atoms with E-state index in [9.17, 15) is 0 Å². The zero-order valence-corrected chi connectivity index (χ0v) is 11.2. The normalized spacial score (nSPS) is 21.2. The van der Waals surface area contributed by atoms with Crippen LogP contribution in [0.5, 0.6) is 0 Å². The summed E-state index contributed by atoms with van der Waals surface area (Å²) in [6.45, 7) is 4.89. The van der Waals surface area contributed by atoms with Gasteiger partial charge in [-0.1, -0.05) is 0 Å². The Morgan fingerprint density at radius 2 is 2.50 bits per heavy atom. The van der Waals surface area contributed by atoms with Crippen LogP contribution in [0.3, 0.4) is 0 Å². The van der Waals surface area contributed by atoms with Gasteiger partial charge in [-0.25, -0.2) is 9.67 Å². The van der Waals surface area contributed by atoms with E-state index in [1.165, 1.54) is 17.3 Å². The quantitative estimate of drug-likeness (QED) is 0.860. The van der Waals surface area contributed by atoms with Gasteiger partial charge in [0.05, 0.1) is 6.54 Å². The molecule has 0 amide bonds. The van der Waals surface area contributed by atoms with Gasteiger partial charge in [0.2, 0.25) is 0 Å². The van der Waals surface area contributed by atoms with Crippen LogP contribution >= 0.6 is 23.5 Å². The lowest BCUT2D eigenvalue weighted by atomic mass is 10.4. The molecular formula is C10H18N4S2. The standard InChI is InChI=1S/C10H18N4S2/c1-2-14-10(12-8-13-14)6-11-5-9-7-15-3-4-16-9/h8-9,11H,2-7H2,1H3. The van der Waals surface area contributed by atoms with Crippen LogP contribution in [-0.4, -0.2) is 43.8 Å². The maximum absolute atomic E-state index is 4.25. The summed E-state index contributed by atoms with van der Waals surface area (Å²) >= 11 is 4.15. The van der Waals surface area contributed by atoms with Crippen LogP contribution in [0.2, 0.25) is 0 Å². The highest BCUT2D eigenvalue weighted by Crippen LogP contribution is 2.23. The van der Waals surface area contributed by atoms with E-state index < -0.39 is 0 Å². The zero-order chi connectivity index (χ0) is 11.2. The van der Waals surface area contributed by atoms with Gasteiger partial charge in [0.15, 0.2) is 0 Å². The molecule has 0 aliphatic carbocycles. The van der Waals surface area contributed by atoms with E-state index in [1.807, 2.05) is 4.68 Å². The van der Waals surface area contributed by atoms with Crippen molar-refractivity contribution in [1.82, 2.24) is 20.1 Å². The van der Waals surface area contributed by atoms with Crippen molar-refractivity contribution in [3.8, 4) is 0 Å². The van der Waals surface area contributed by atoms with Crippen molar-refractivity contribution in [2.24, 2.45) is 0 Å². The van der Waals surface area contributed by atoms with Gasteiger partial charge in [0.1, 0.15) is 12.2 Å². The van der Waals surface area contributed by atoms with Gasteiger partial charge >= 0.3 is 0 Å². The van der Waals surface area contributed by atoms with E-state index >= 15 is 0 Å². The molecule has 0 saturated carbocycles. The molecule has 1 saturated heterocycles. The predicted molar refractivity (Wildman–Crippen MR) is 71.0 cm³/mol. The van der Waals surface area contributed by atoms with Crippen molar-refractivity contribution in [3.63, 3.8) is 0 Å². The SMILES string of the molecule is CCn1ncnc1CNCC1CSCCS1. The van der Waals surface area contributed by atoms with E-state index in [0.717, 1.165) is 30.7 Å². The van der Waals surface area contributed by atoms with Gasteiger partial charge in [-0.3, -0.25) is 0 Å². The third-order valence-corrected chi connectivity index (χ3v) is 5.38. The van der Waals surface area contributed by atoms with Crippen LogP contribution in [0.1, 0.15) is 12.7 Å². The van der Waals surface area contributed by atoms with Gasteiger partial charge in [0.25, 0.3) is 0 Å². The topological polar surface area (TPSA) is 42.7 Å². The van der Waals surface area contributed by atoms with E-state index in [1.54, 1.807) is 6.33 Å². The summed E-state index contributed by atoms with van der Waals surface area (Å²) in [5.41, 5.74) is 0. The molecule has 1 aliphatic heterocycles. The Morgan fingerprint density at radius 1 is 1.56 bits per heavy atom.